The van der Waals surface area contributed by atoms with Crippen LogP contribution >= 0.6 is 11.6 Å². The van der Waals surface area contributed by atoms with Crippen LogP contribution < -0.4 is 11.0 Å². The Balaban J connectivity index is 2.18. The van der Waals surface area contributed by atoms with Crippen molar-refractivity contribution in [3.05, 3.63) is 21.6 Å². The van der Waals surface area contributed by atoms with E-state index >= 15 is 0 Å². The third kappa shape index (κ3) is 3.26. The number of aromatic nitrogens is 2. The van der Waals surface area contributed by atoms with Gasteiger partial charge in [-0.2, -0.15) is 5.10 Å². The Bertz CT molecular complexity index is 542. The quantitative estimate of drug-likeness (QED) is 0.797. The third-order valence-electron chi connectivity index (χ3n) is 3.01. The summed E-state index contributed by atoms with van der Waals surface area (Å²) in [5.74, 6) is 2.39. The van der Waals surface area contributed by atoms with Crippen molar-refractivity contribution in [2.45, 2.75) is 6.54 Å². The summed E-state index contributed by atoms with van der Waals surface area (Å²) in [6.07, 6.45) is 6.63. The number of terminal acetylenes is 1. The first-order valence-electron chi connectivity index (χ1n) is 6.01. The SMILES string of the molecule is C#CCn1ncc(Cl)c(NN2CCN(C)CC2)c1=O. The van der Waals surface area contributed by atoms with Crippen LogP contribution in [0.2, 0.25) is 5.02 Å². The van der Waals surface area contributed by atoms with Crippen molar-refractivity contribution in [3.63, 3.8) is 0 Å². The molecule has 6 nitrogen and oxygen atoms in total. The van der Waals surface area contributed by atoms with Gasteiger partial charge in [0.2, 0.25) is 0 Å². The topological polar surface area (TPSA) is 53.4 Å². The molecule has 1 N–H and O–H groups in total. The number of halogens is 1. The van der Waals surface area contributed by atoms with Crippen LogP contribution in [0.4, 0.5) is 5.69 Å². The third-order valence-corrected chi connectivity index (χ3v) is 3.30. The number of hydrazine groups is 1. The van der Waals surface area contributed by atoms with Gasteiger partial charge >= 0.3 is 0 Å². The Morgan fingerprint density at radius 1 is 1.47 bits per heavy atom. The molecule has 1 aliphatic rings. The molecule has 0 atom stereocenters. The van der Waals surface area contributed by atoms with Crippen LogP contribution in [0.25, 0.3) is 0 Å². The molecule has 1 saturated heterocycles. The van der Waals surface area contributed by atoms with Crippen LogP contribution in [0.15, 0.2) is 11.0 Å². The number of anilines is 1. The van der Waals surface area contributed by atoms with Crippen molar-refractivity contribution in [2.24, 2.45) is 0 Å². The van der Waals surface area contributed by atoms with Crippen LogP contribution in [0, 0.1) is 12.3 Å². The predicted octanol–water partition coefficient (Wildman–Crippen LogP) is 0.104. The fourth-order valence-electron chi connectivity index (χ4n) is 1.85. The molecule has 0 radical (unpaired) electrons. The first-order chi connectivity index (χ1) is 9.11. The number of hydrogen-bond acceptors (Lipinski definition) is 5. The number of rotatable bonds is 3. The molecule has 2 heterocycles. The van der Waals surface area contributed by atoms with Gasteiger partial charge in [-0.15, -0.1) is 6.42 Å². The second-order valence-corrected chi connectivity index (χ2v) is 4.84. The van der Waals surface area contributed by atoms with Gasteiger partial charge in [0, 0.05) is 26.2 Å². The standard InChI is InChI=1S/C12H16ClN5O/c1-3-4-18-12(19)11(10(13)9-14-18)15-17-7-5-16(2)6-8-17/h1,9,15H,4-8H2,2H3. The van der Waals surface area contributed by atoms with Gasteiger partial charge in [-0.1, -0.05) is 17.5 Å². The van der Waals surface area contributed by atoms with Crippen LogP contribution in [-0.2, 0) is 6.54 Å². The van der Waals surface area contributed by atoms with Gasteiger partial charge in [0.05, 0.1) is 11.2 Å². The first kappa shape index (κ1) is 13.9. The zero-order valence-corrected chi connectivity index (χ0v) is 11.5. The van der Waals surface area contributed by atoms with E-state index in [1.165, 1.54) is 10.9 Å². The minimum atomic E-state index is -0.302. The smallest absolute Gasteiger partial charge is 0.293 e. The molecule has 1 aromatic rings. The number of piperazine rings is 1. The van der Waals surface area contributed by atoms with E-state index in [0.29, 0.717) is 10.7 Å². The van der Waals surface area contributed by atoms with Crippen molar-refractivity contribution < 1.29 is 0 Å². The maximum absolute atomic E-state index is 12.1. The fraction of sp³-hybridized carbons (Fsp3) is 0.500. The normalized spacial score (nSPS) is 17.1. The second-order valence-electron chi connectivity index (χ2n) is 4.44. The van der Waals surface area contributed by atoms with Gasteiger partial charge in [0.25, 0.3) is 5.56 Å². The van der Waals surface area contributed by atoms with Crippen molar-refractivity contribution in [1.82, 2.24) is 19.7 Å². The highest BCUT2D eigenvalue weighted by molar-refractivity contribution is 6.32. The molecule has 0 saturated carbocycles. The van der Waals surface area contributed by atoms with E-state index in [4.69, 9.17) is 18.0 Å². The summed E-state index contributed by atoms with van der Waals surface area (Å²) in [4.78, 5) is 14.4. The zero-order valence-electron chi connectivity index (χ0n) is 10.8. The summed E-state index contributed by atoms with van der Waals surface area (Å²) in [7, 11) is 2.07. The Labute approximate surface area is 116 Å². The first-order valence-corrected chi connectivity index (χ1v) is 6.39. The average Bonchev–Trinajstić information content (AvgIpc) is 2.40. The summed E-state index contributed by atoms with van der Waals surface area (Å²) in [6.45, 7) is 3.66. The molecule has 0 spiro atoms. The summed E-state index contributed by atoms with van der Waals surface area (Å²) in [5, 5.41) is 6.17. The van der Waals surface area contributed by atoms with E-state index in [0.717, 1.165) is 26.2 Å². The lowest BCUT2D eigenvalue weighted by molar-refractivity contribution is 0.179. The lowest BCUT2D eigenvalue weighted by atomic mass is 10.4. The molecule has 19 heavy (non-hydrogen) atoms. The molecule has 1 fully saturated rings. The molecule has 102 valence electrons. The Morgan fingerprint density at radius 3 is 2.79 bits per heavy atom. The van der Waals surface area contributed by atoms with E-state index < -0.39 is 0 Å². The molecule has 0 unspecified atom stereocenters. The average molecular weight is 282 g/mol. The minimum absolute atomic E-state index is 0.132. The molecule has 7 heteroatoms. The number of nitrogens with one attached hydrogen (secondary N) is 1. The lowest BCUT2D eigenvalue weighted by Gasteiger charge is -2.33. The maximum atomic E-state index is 12.1. The van der Waals surface area contributed by atoms with Crippen LogP contribution in [0.1, 0.15) is 0 Å². The van der Waals surface area contributed by atoms with Crippen molar-refractivity contribution in [3.8, 4) is 12.3 Å². The Hall–Kier alpha value is -1.55. The van der Waals surface area contributed by atoms with Crippen molar-refractivity contribution >= 4 is 17.3 Å². The summed E-state index contributed by atoms with van der Waals surface area (Å²) in [6, 6.07) is 0. The monoisotopic (exact) mass is 281 g/mol. The number of nitrogens with zero attached hydrogens (tertiary/aromatic N) is 4. The Morgan fingerprint density at radius 2 is 2.16 bits per heavy atom. The Kier molecular flexibility index (Phi) is 4.43. The number of hydrogen-bond donors (Lipinski definition) is 1. The lowest BCUT2D eigenvalue weighted by Crippen LogP contribution is -2.48. The molecule has 2 rings (SSSR count). The van der Waals surface area contributed by atoms with E-state index in [1.54, 1.807) is 0 Å². The summed E-state index contributed by atoms with van der Waals surface area (Å²) < 4.78 is 1.21. The van der Waals surface area contributed by atoms with Gasteiger partial charge in [0.15, 0.2) is 0 Å². The fourth-order valence-corrected chi connectivity index (χ4v) is 2.01. The van der Waals surface area contributed by atoms with Crippen LogP contribution in [0.5, 0.6) is 0 Å². The molecule has 0 amide bonds. The molecule has 0 aliphatic carbocycles. The van der Waals surface area contributed by atoms with E-state index in [1.807, 2.05) is 5.01 Å². The van der Waals surface area contributed by atoms with Gasteiger partial charge in [-0.05, 0) is 7.05 Å². The zero-order chi connectivity index (χ0) is 13.8. The summed E-state index contributed by atoms with van der Waals surface area (Å²) in [5.41, 5.74) is 3.10. The molecule has 1 aliphatic heterocycles. The molecule has 1 aromatic heterocycles. The van der Waals surface area contributed by atoms with E-state index in [9.17, 15) is 4.79 Å². The summed E-state index contributed by atoms with van der Waals surface area (Å²) >= 11 is 6.02. The van der Waals surface area contributed by atoms with Crippen molar-refractivity contribution in [1.29, 1.82) is 0 Å². The second kappa shape index (κ2) is 6.06. The molecule has 0 aromatic carbocycles. The minimum Gasteiger partial charge on any atom is -0.313 e. The highest BCUT2D eigenvalue weighted by Crippen LogP contribution is 2.16. The van der Waals surface area contributed by atoms with Gasteiger partial charge in [0.1, 0.15) is 12.2 Å². The van der Waals surface area contributed by atoms with Gasteiger partial charge < -0.3 is 10.3 Å². The molecular weight excluding hydrogens is 266 g/mol. The van der Waals surface area contributed by atoms with Gasteiger partial charge in [-0.3, -0.25) is 4.79 Å². The van der Waals surface area contributed by atoms with E-state index in [2.05, 4.69) is 28.4 Å². The largest absolute Gasteiger partial charge is 0.313 e. The van der Waals surface area contributed by atoms with Crippen molar-refractivity contribution in [2.75, 3.05) is 38.7 Å². The van der Waals surface area contributed by atoms with Crippen LogP contribution in [0.3, 0.4) is 0 Å². The highest BCUT2D eigenvalue weighted by Gasteiger charge is 2.17. The van der Waals surface area contributed by atoms with E-state index in [-0.39, 0.29) is 12.1 Å². The molecule has 0 bridgehead atoms. The van der Waals surface area contributed by atoms with Gasteiger partial charge in [-0.25, -0.2) is 9.69 Å². The van der Waals surface area contributed by atoms with Crippen LogP contribution in [-0.4, -0.2) is 52.9 Å². The predicted molar refractivity (Wildman–Crippen MR) is 75.0 cm³/mol. The number of likely N-dealkylation sites (N-methyl/N-ethyl adjacent to an activating group) is 1. The highest BCUT2D eigenvalue weighted by atomic mass is 35.5. The maximum Gasteiger partial charge on any atom is 0.293 e. The molecular formula is C12H16ClN5O.